The summed E-state index contributed by atoms with van der Waals surface area (Å²) < 4.78 is 2.17. The molecule has 3 aromatic heterocycles. The van der Waals surface area contributed by atoms with Crippen LogP contribution in [0.5, 0.6) is 0 Å². The van der Waals surface area contributed by atoms with Crippen molar-refractivity contribution in [2.75, 3.05) is 5.32 Å². The number of nitrogens with one attached hydrogen (secondary N) is 2. The molecular formula is C31H27N5OS. The van der Waals surface area contributed by atoms with Gasteiger partial charge in [0, 0.05) is 22.0 Å². The Labute approximate surface area is 225 Å². The lowest BCUT2D eigenvalue weighted by Gasteiger charge is -2.14. The summed E-state index contributed by atoms with van der Waals surface area (Å²) in [6.45, 7) is 4.10. The van der Waals surface area contributed by atoms with Crippen molar-refractivity contribution in [2.45, 2.75) is 39.5 Å². The van der Waals surface area contributed by atoms with Crippen molar-refractivity contribution < 1.29 is 4.79 Å². The summed E-state index contributed by atoms with van der Waals surface area (Å²) in [7, 11) is 0. The van der Waals surface area contributed by atoms with Gasteiger partial charge < -0.3 is 14.9 Å². The summed E-state index contributed by atoms with van der Waals surface area (Å²) in [5.41, 5.74) is 7.85. The summed E-state index contributed by atoms with van der Waals surface area (Å²) in [5, 5.41) is 14.0. The number of carbonyl (C=O) groups is 1. The summed E-state index contributed by atoms with van der Waals surface area (Å²) in [4.78, 5) is 22.9. The number of fused-ring (bicyclic) bond motifs is 2. The van der Waals surface area contributed by atoms with Gasteiger partial charge in [0.25, 0.3) is 5.91 Å². The largest absolute Gasteiger partial charge is 0.337 e. The van der Waals surface area contributed by atoms with Crippen LogP contribution in [0, 0.1) is 25.2 Å². The number of imidazole rings is 1. The fraction of sp³-hybridized carbons (Fsp3) is 0.194. The van der Waals surface area contributed by atoms with Crippen molar-refractivity contribution in [3.8, 4) is 11.1 Å². The van der Waals surface area contributed by atoms with Crippen LogP contribution in [-0.4, -0.2) is 20.4 Å². The smallest absolute Gasteiger partial charge is 0.258 e. The minimum absolute atomic E-state index is 0.0739. The lowest BCUT2D eigenvalue weighted by Crippen LogP contribution is -2.17. The zero-order valence-corrected chi connectivity index (χ0v) is 22.2. The molecule has 0 saturated heterocycles. The van der Waals surface area contributed by atoms with E-state index in [0.717, 1.165) is 69.9 Å². The zero-order valence-electron chi connectivity index (χ0n) is 21.3. The van der Waals surface area contributed by atoms with Gasteiger partial charge in [-0.3, -0.25) is 4.79 Å². The van der Waals surface area contributed by atoms with Gasteiger partial charge in [-0.15, -0.1) is 11.3 Å². The second kappa shape index (κ2) is 9.81. The Kier molecular flexibility index (Phi) is 6.18. The average molecular weight is 518 g/mol. The molecule has 0 atom stereocenters. The number of rotatable bonds is 5. The molecule has 0 unspecified atom stereocenters. The van der Waals surface area contributed by atoms with Gasteiger partial charge >= 0.3 is 0 Å². The number of amides is 1. The molecule has 0 aliphatic heterocycles. The van der Waals surface area contributed by atoms with E-state index in [2.05, 4.69) is 38.9 Å². The highest BCUT2D eigenvalue weighted by molar-refractivity contribution is 7.15. The van der Waals surface area contributed by atoms with Gasteiger partial charge in [0.2, 0.25) is 0 Å². The highest BCUT2D eigenvalue weighted by atomic mass is 32.1. The Hall–Kier alpha value is -4.41. The molecule has 0 fully saturated rings. The van der Waals surface area contributed by atoms with Crippen molar-refractivity contribution >= 4 is 45.6 Å². The maximum atomic E-state index is 13.7. The van der Waals surface area contributed by atoms with Gasteiger partial charge in [-0.2, -0.15) is 5.26 Å². The van der Waals surface area contributed by atoms with E-state index in [4.69, 9.17) is 0 Å². The summed E-state index contributed by atoms with van der Waals surface area (Å²) >= 11 is 1.72. The van der Waals surface area contributed by atoms with E-state index in [1.54, 1.807) is 11.3 Å². The first-order valence-corrected chi connectivity index (χ1v) is 13.6. The standard InChI is InChI=1S/C31H27N5OS/c1-19-16-21(17-22(18-32)29-34-25-13-7-8-14-26(25)35-29)20(2)36(19)31-28(24-12-6-9-15-27(24)38-31)30(37)33-23-10-4-3-5-11-23/h3-5,7-8,10-11,13-14,16-17H,6,9,12,15H2,1-2H3,(H,33,37)(H,34,35)/b22-17-. The van der Waals surface area contributed by atoms with Crippen LogP contribution >= 0.6 is 11.3 Å². The molecular weight excluding hydrogens is 490 g/mol. The number of aryl methyl sites for hydroxylation is 2. The molecule has 6 rings (SSSR count). The normalized spacial score (nSPS) is 13.3. The fourth-order valence-corrected chi connectivity index (χ4v) is 6.79. The number of aromatic amines is 1. The van der Waals surface area contributed by atoms with E-state index in [0.29, 0.717) is 11.4 Å². The number of benzene rings is 2. The molecule has 7 heteroatoms. The van der Waals surface area contributed by atoms with E-state index in [-0.39, 0.29) is 5.91 Å². The molecule has 38 heavy (non-hydrogen) atoms. The van der Waals surface area contributed by atoms with Crippen LogP contribution in [0.25, 0.3) is 27.7 Å². The third kappa shape index (κ3) is 4.23. The topological polar surface area (TPSA) is 86.5 Å². The lowest BCUT2D eigenvalue weighted by molar-refractivity contribution is 0.102. The number of hydrogen-bond donors (Lipinski definition) is 2. The van der Waals surface area contributed by atoms with Crippen molar-refractivity contribution in [3.05, 3.63) is 99.4 Å². The minimum atomic E-state index is -0.0739. The fourth-order valence-electron chi connectivity index (χ4n) is 5.29. The summed E-state index contributed by atoms with van der Waals surface area (Å²) in [6, 6.07) is 21.8. The zero-order chi connectivity index (χ0) is 26.2. The highest BCUT2D eigenvalue weighted by Gasteiger charge is 2.28. The number of H-pyrrole nitrogens is 1. The molecule has 2 aromatic carbocycles. The Morgan fingerprint density at radius 3 is 2.66 bits per heavy atom. The van der Waals surface area contributed by atoms with Crippen LogP contribution in [0.15, 0.2) is 60.7 Å². The molecule has 1 amide bonds. The Bertz CT molecular complexity index is 1710. The van der Waals surface area contributed by atoms with Crippen LogP contribution in [-0.2, 0) is 12.8 Å². The van der Waals surface area contributed by atoms with E-state index < -0.39 is 0 Å². The average Bonchev–Trinajstić information content (AvgIpc) is 3.60. The van der Waals surface area contributed by atoms with Gasteiger partial charge in [-0.1, -0.05) is 30.3 Å². The van der Waals surface area contributed by atoms with Gasteiger partial charge in [0.15, 0.2) is 0 Å². The summed E-state index contributed by atoms with van der Waals surface area (Å²) in [5.74, 6) is 0.475. The predicted molar refractivity (Wildman–Crippen MR) is 154 cm³/mol. The van der Waals surface area contributed by atoms with E-state index in [9.17, 15) is 10.1 Å². The lowest BCUT2D eigenvalue weighted by atomic mass is 9.95. The highest BCUT2D eigenvalue weighted by Crippen LogP contribution is 2.39. The Morgan fingerprint density at radius 2 is 1.87 bits per heavy atom. The molecule has 0 saturated carbocycles. The number of aromatic nitrogens is 3. The molecule has 3 heterocycles. The second-order valence-electron chi connectivity index (χ2n) is 9.65. The number of hydrogen-bond acceptors (Lipinski definition) is 4. The first-order chi connectivity index (χ1) is 18.5. The molecule has 0 bridgehead atoms. The molecule has 0 radical (unpaired) electrons. The van der Waals surface area contributed by atoms with Gasteiger partial charge in [0.05, 0.1) is 22.2 Å². The van der Waals surface area contributed by atoms with Crippen molar-refractivity contribution in [1.82, 2.24) is 14.5 Å². The number of carbonyl (C=O) groups excluding carboxylic acids is 1. The number of nitrogens with zero attached hydrogens (tertiary/aromatic N) is 3. The van der Waals surface area contributed by atoms with Gasteiger partial charge in [0.1, 0.15) is 16.9 Å². The first kappa shape index (κ1) is 24.0. The van der Waals surface area contributed by atoms with E-state index in [1.165, 1.54) is 10.4 Å². The van der Waals surface area contributed by atoms with Crippen LogP contribution in [0.4, 0.5) is 5.69 Å². The van der Waals surface area contributed by atoms with Crippen molar-refractivity contribution in [2.24, 2.45) is 0 Å². The predicted octanol–water partition coefficient (Wildman–Crippen LogP) is 7.23. The number of allylic oxidation sites excluding steroid dienone is 1. The van der Waals surface area contributed by atoms with Crippen LogP contribution in [0.3, 0.4) is 0 Å². The van der Waals surface area contributed by atoms with Gasteiger partial charge in [-0.05, 0) is 87.1 Å². The van der Waals surface area contributed by atoms with Crippen molar-refractivity contribution in [3.63, 3.8) is 0 Å². The Morgan fingerprint density at radius 1 is 1.11 bits per heavy atom. The maximum absolute atomic E-state index is 13.7. The third-order valence-electron chi connectivity index (χ3n) is 7.15. The minimum Gasteiger partial charge on any atom is -0.337 e. The maximum Gasteiger partial charge on any atom is 0.258 e. The first-order valence-electron chi connectivity index (χ1n) is 12.8. The second-order valence-corrected chi connectivity index (χ2v) is 10.7. The van der Waals surface area contributed by atoms with Crippen LogP contribution in [0.1, 0.15) is 56.4 Å². The van der Waals surface area contributed by atoms with Crippen molar-refractivity contribution in [1.29, 1.82) is 5.26 Å². The molecule has 6 nitrogen and oxygen atoms in total. The monoisotopic (exact) mass is 517 g/mol. The molecule has 1 aliphatic rings. The van der Waals surface area contributed by atoms with Gasteiger partial charge in [-0.25, -0.2) is 4.98 Å². The van der Waals surface area contributed by atoms with Crippen LogP contribution < -0.4 is 5.32 Å². The molecule has 2 N–H and O–H groups in total. The Balaban J connectivity index is 1.44. The molecule has 0 spiro atoms. The number of nitriles is 1. The van der Waals surface area contributed by atoms with Crippen LogP contribution in [0.2, 0.25) is 0 Å². The summed E-state index contributed by atoms with van der Waals surface area (Å²) in [6.07, 6.45) is 6.04. The number of para-hydroxylation sites is 3. The van der Waals surface area contributed by atoms with E-state index >= 15 is 0 Å². The van der Waals surface area contributed by atoms with E-state index in [1.807, 2.05) is 67.6 Å². The molecule has 5 aromatic rings. The number of anilines is 1. The molecule has 1 aliphatic carbocycles. The SMILES string of the molecule is Cc1cc(/C=C(/C#N)c2nc3ccccc3[nH]2)c(C)n1-c1sc2c(c1C(=O)Nc1ccccc1)CCCC2. The molecule has 188 valence electrons. The third-order valence-corrected chi connectivity index (χ3v) is 8.43. The number of thiophene rings is 1. The quantitative estimate of drug-likeness (QED) is 0.241.